The van der Waals surface area contributed by atoms with Crippen molar-refractivity contribution in [3.05, 3.63) is 12.0 Å². The maximum Gasteiger partial charge on any atom is 0.360 e. The molecule has 0 aromatic carbocycles. The highest BCUT2D eigenvalue weighted by atomic mass is 16.5. The fourth-order valence-corrected chi connectivity index (χ4v) is 1.43. The summed E-state index contributed by atoms with van der Waals surface area (Å²) in [6.07, 6.45) is 1.28. The van der Waals surface area contributed by atoms with Gasteiger partial charge in [0.2, 0.25) is 0 Å². The summed E-state index contributed by atoms with van der Waals surface area (Å²) in [7, 11) is 0. The van der Waals surface area contributed by atoms with E-state index in [9.17, 15) is 4.79 Å². The second-order valence-electron chi connectivity index (χ2n) is 3.47. The van der Waals surface area contributed by atoms with Gasteiger partial charge in [-0.25, -0.2) is 9.80 Å². The zero-order valence-corrected chi connectivity index (χ0v) is 9.64. The van der Waals surface area contributed by atoms with Gasteiger partial charge in [0.1, 0.15) is 6.26 Å². The summed E-state index contributed by atoms with van der Waals surface area (Å²) in [5, 5.41) is 1.92. The molecule has 0 atom stereocenters. The summed E-state index contributed by atoms with van der Waals surface area (Å²) < 4.78 is 15.1. The van der Waals surface area contributed by atoms with Crippen molar-refractivity contribution in [3.63, 3.8) is 0 Å². The van der Waals surface area contributed by atoms with E-state index in [-0.39, 0.29) is 11.7 Å². The monoisotopic (exact) mass is 241 g/mol. The number of nitrogens with zero attached hydrogens (tertiary/aromatic N) is 2. The van der Waals surface area contributed by atoms with Gasteiger partial charge in [0.15, 0.2) is 5.69 Å². The van der Waals surface area contributed by atoms with Crippen LogP contribution in [0.4, 0.5) is 6.01 Å². The molecule has 0 bridgehead atoms. The number of carbonyl (C=O) groups is 1. The minimum atomic E-state index is -0.480. The molecule has 94 valence electrons. The summed E-state index contributed by atoms with van der Waals surface area (Å²) in [6, 6.07) is 0.287. The number of carbonyl (C=O) groups excluding carboxylic acids is 1. The average Bonchev–Trinajstić information content (AvgIpc) is 2.79. The van der Waals surface area contributed by atoms with Gasteiger partial charge in [0.25, 0.3) is 0 Å². The van der Waals surface area contributed by atoms with Gasteiger partial charge in [0, 0.05) is 13.1 Å². The van der Waals surface area contributed by atoms with Gasteiger partial charge >= 0.3 is 12.0 Å². The van der Waals surface area contributed by atoms with Crippen LogP contribution in [-0.4, -0.2) is 48.9 Å². The first-order valence-corrected chi connectivity index (χ1v) is 5.51. The number of hydrazine groups is 1. The van der Waals surface area contributed by atoms with Crippen molar-refractivity contribution in [3.8, 4) is 0 Å². The van der Waals surface area contributed by atoms with Gasteiger partial charge in [-0.1, -0.05) is 0 Å². The molecular weight excluding hydrogens is 226 g/mol. The van der Waals surface area contributed by atoms with Crippen molar-refractivity contribution >= 4 is 12.0 Å². The number of nitrogens with one attached hydrogen (secondary N) is 1. The van der Waals surface area contributed by atoms with Crippen molar-refractivity contribution in [2.24, 2.45) is 0 Å². The van der Waals surface area contributed by atoms with Gasteiger partial charge in [0.05, 0.1) is 19.8 Å². The molecule has 1 saturated heterocycles. The van der Waals surface area contributed by atoms with Crippen molar-refractivity contribution in [1.82, 2.24) is 9.99 Å². The molecule has 0 spiro atoms. The first-order valence-electron chi connectivity index (χ1n) is 5.51. The fourth-order valence-electron chi connectivity index (χ4n) is 1.43. The van der Waals surface area contributed by atoms with Crippen LogP contribution in [0.2, 0.25) is 0 Å². The molecule has 0 amide bonds. The van der Waals surface area contributed by atoms with Gasteiger partial charge in [-0.05, 0) is 6.92 Å². The topological polar surface area (TPSA) is 76.8 Å². The quantitative estimate of drug-likeness (QED) is 0.769. The first kappa shape index (κ1) is 11.9. The molecular formula is C10H15N3O4. The van der Waals surface area contributed by atoms with Crippen molar-refractivity contribution < 1.29 is 18.7 Å². The van der Waals surface area contributed by atoms with Crippen LogP contribution < -0.4 is 5.43 Å². The van der Waals surface area contributed by atoms with Crippen molar-refractivity contribution in [2.45, 2.75) is 6.92 Å². The van der Waals surface area contributed by atoms with E-state index in [0.717, 1.165) is 13.1 Å². The standard InChI is InChI=1S/C10H15N3O4/c1-2-16-9(14)8-7-17-10(11-8)12-13-3-5-15-6-4-13/h7H,2-6H2,1H3,(H,11,12). The Balaban J connectivity index is 1.91. The lowest BCUT2D eigenvalue weighted by Gasteiger charge is -2.25. The number of oxazole rings is 1. The van der Waals surface area contributed by atoms with Crippen molar-refractivity contribution in [1.29, 1.82) is 0 Å². The molecule has 1 aromatic heterocycles. The minimum absolute atomic E-state index is 0.169. The van der Waals surface area contributed by atoms with Crippen LogP contribution in [0.25, 0.3) is 0 Å². The number of aromatic nitrogens is 1. The Morgan fingerprint density at radius 1 is 1.59 bits per heavy atom. The molecule has 17 heavy (non-hydrogen) atoms. The molecule has 0 radical (unpaired) electrons. The van der Waals surface area contributed by atoms with Crippen LogP contribution in [0, 0.1) is 0 Å². The molecule has 2 heterocycles. The third-order valence-electron chi connectivity index (χ3n) is 2.25. The number of hydrogen-bond acceptors (Lipinski definition) is 7. The second kappa shape index (κ2) is 5.65. The second-order valence-corrected chi connectivity index (χ2v) is 3.47. The molecule has 1 aliphatic rings. The van der Waals surface area contributed by atoms with Gasteiger partial charge in [-0.2, -0.15) is 4.98 Å². The average molecular weight is 241 g/mol. The van der Waals surface area contributed by atoms with E-state index in [0.29, 0.717) is 19.8 Å². The van der Waals surface area contributed by atoms with Crippen LogP contribution in [0.3, 0.4) is 0 Å². The number of rotatable bonds is 4. The lowest BCUT2D eigenvalue weighted by molar-refractivity contribution is 0.0482. The van der Waals surface area contributed by atoms with E-state index < -0.39 is 5.97 Å². The van der Waals surface area contributed by atoms with Gasteiger partial charge in [-0.15, -0.1) is 0 Å². The van der Waals surface area contributed by atoms with E-state index in [2.05, 4.69) is 10.4 Å². The molecule has 2 rings (SSSR count). The lowest BCUT2D eigenvalue weighted by atomic mass is 10.5. The normalized spacial score (nSPS) is 16.8. The Morgan fingerprint density at radius 2 is 2.35 bits per heavy atom. The first-order chi connectivity index (χ1) is 8.29. The summed E-state index contributed by atoms with van der Waals surface area (Å²) in [5.74, 6) is -0.480. The number of esters is 1. The van der Waals surface area contributed by atoms with Gasteiger partial charge < -0.3 is 13.9 Å². The SMILES string of the molecule is CCOC(=O)c1coc(NN2CCOCC2)n1. The van der Waals surface area contributed by atoms with Crippen molar-refractivity contribution in [2.75, 3.05) is 38.3 Å². The predicted molar refractivity (Wildman–Crippen MR) is 58.5 cm³/mol. The summed E-state index contributed by atoms with van der Waals surface area (Å²) >= 11 is 0. The molecule has 1 aromatic rings. The summed E-state index contributed by atoms with van der Waals surface area (Å²) in [6.45, 7) is 4.88. The highest BCUT2D eigenvalue weighted by Crippen LogP contribution is 2.10. The zero-order chi connectivity index (χ0) is 12.1. The lowest BCUT2D eigenvalue weighted by Crippen LogP contribution is -2.40. The number of anilines is 1. The Bertz CT molecular complexity index is 373. The Kier molecular flexibility index (Phi) is 3.94. The molecule has 7 heteroatoms. The molecule has 0 unspecified atom stereocenters. The van der Waals surface area contributed by atoms with E-state index in [1.807, 2.05) is 5.01 Å². The Morgan fingerprint density at radius 3 is 3.06 bits per heavy atom. The zero-order valence-electron chi connectivity index (χ0n) is 9.64. The van der Waals surface area contributed by atoms with Crippen LogP contribution in [0.5, 0.6) is 0 Å². The van der Waals surface area contributed by atoms with Crippen LogP contribution in [0.15, 0.2) is 10.7 Å². The third-order valence-corrected chi connectivity index (χ3v) is 2.25. The Labute approximate surface area is 98.7 Å². The van der Waals surface area contributed by atoms with Crippen LogP contribution >= 0.6 is 0 Å². The summed E-state index contributed by atoms with van der Waals surface area (Å²) in [4.78, 5) is 15.3. The van der Waals surface area contributed by atoms with E-state index in [4.69, 9.17) is 13.9 Å². The summed E-state index contributed by atoms with van der Waals surface area (Å²) in [5.41, 5.74) is 3.14. The molecule has 1 N–H and O–H groups in total. The third kappa shape index (κ3) is 3.18. The predicted octanol–water partition coefficient (Wildman–Crippen LogP) is 0.510. The molecule has 0 aliphatic carbocycles. The van der Waals surface area contributed by atoms with E-state index in [1.54, 1.807) is 6.92 Å². The number of hydrogen-bond donors (Lipinski definition) is 1. The minimum Gasteiger partial charge on any atom is -0.461 e. The Hall–Kier alpha value is -1.60. The van der Waals surface area contributed by atoms with Crippen LogP contribution in [0.1, 0.15) is 17.4 Å². The molecule has 0 saturated carbocycles. The number of ether oxygens (including phenoxy) is 2. The highest BCUT2D eigenvalue weighted by Gasteiger charge is 2.16. The largest absolute Gasteiger partial charge is 0.461 e. The van der Waals surface area contributed by atoms with Crippen LogP contribution in [-0.2, 0) is 9.47 Å². The smallest absolute Gasteiger partial charge is 0.360 e. The maximum absolute atomic E-state index is 11.3. The highest BCUT2D eigenvalue weighted by molar-refractivity contribution is 5.87. The molecule has 7 nitrogen and oxygen atoms in total. The molecule has 1 fully saturated rings. The fraction of sp³-hybridized carbons (Fsp3) is 0.600. The number of morpholine rings is 1. The van der Waals surface area contributed by atoms with Gasteiger partial charge in [-0.3, -0.25) is 5.43 Å². The van der Waals surface area contributed by atoms with E-state index in [1.165, 1.54) is 6.26 Å². The maximum atomic E-state index is 11.3. The molecule has 1 aliphatic heterocycles. The van der Waals surface area contributed by atoms with E-state index >= 15 is 0 Å².